The predicted octanol–water partition coefficient (Wildman–Crippen LogP) is 2.63. The highest BCUT2D eigenvalue weighted by atomic mass is 79.9. The van der Waals surface area contributed by atoms with Gasteiger partial charge in [-0.1, -0.05) is 46.3 Å². The van der Waals surface area contributed by atoms with Crippen molar-refractivity contribution in [3.63, 3.8) is 0 Å². The molecule has 0 radical (unpaired) electrons. The molecule has 0 atom stereocenters. The Balaban J connectivity index is 2.13. The van der Waals surface area contributed by atoms with Crippen molar-refractivity contribution in [3.05, 3.63) is 35.9 Å². The van der Waals surface area contributed by atoms with Crippen LogP contribution in [-0.2, 0) is 20.9 Å². The van der Waals surface area contributed by atoms with Gasteiger partial charge in [0.1, 0.15) is 17.5 Å². The number of benzene rings is 1. The number of rotatable bonds is 6. The largest absolute Gasteiger partial charge is 0.463 e. The van der Waals surface area contributed by atoms with E-state index >= 15 is 0 Å². The fourth-order valence-electron chi connectivity index (χ4n) is 1.24. The van der Waals surface area contributed by atoms with E-state index in [9.17, 15) is 9.59 Å². The summed E-state index contributed by atoms with van der Waals surface area (Å²) in [5, 5.41) is 2.51. The SMILES string of the molecule is CC(C)(Br)C(=O)OCCNC(=O)OCc1ccccc1. The van der Waals surface area contributed by atoms with Crippen molar-refractivity contribution in [1.82, 2.24) is 5.32 Å². The van der Waals surface area contributed by atoms with E-state index < -0.39 is 10.4 Å². The van der Waals surface area contributed by atoms with E-state index in [0.29, 0.717) is 0 Å². The lowest BCUT2D eigenvalue weighted by molar-refractivity contribution is -0.145. The second-order valence-corrected chi connectivity index (χ2v) is 6.58. The van der Waals surface area contributed by atoms with Gasteiger partial charge in [-0.05, 0) is 19.4 Å². The number of hydrogen-bond donors (Lipinski definition) is 1. The third kappa shape index (κ3) is 6.56. The molecule has 0 aromatic heterocycles. The van der Waals surface area contributed by atoms with Gasteiger partial charge in [-0.2, -0.15) is 0 Å². The monoisotopic (exact) mass is 343 g/mol. The van der Waals surface area contributed by atoms with Gasteiger partial charge in [0, 0.05) is 0 Å². The molecule has 0 aliphatic carbocycles. The predicted molar refractivity (Wildman–Crippen MR) is 78.6 cm³/mol. The molecule has 0 aliphatic rings. The molecule has 1 amide bonds. The molecule has 0 heterocycles. The van der Waals surface area contributed by atoms with E-state index in [0.717, 1.165) is 5.56 Å². The summed E-state index contributed by atoms with van der Waals surface area (Å²) in [6.45, 7) is 3.91. The number of esters is 1. The summed E-state index contributed by atoms with van der Waals surface area (Å²) in [6.07, 6.45) is -0.539. The van der Waals surface area contributed by atoms with Crippen LogP contribution in [-0.4, -0.2) is 29.5 Å². The smallest absolute Gasteiger partial charge is 0.407 e. The average Bonchev–Trinajstić information content (AvgIpc) is 2.41. The minimum absolute atomic E-state index is 0.105. The summed E-state index contributed by atoms with van der Waals surface area (Å²) in [5.41, 5.74) is 0.912. The van der Waals surface area contributed by atoms with Gasteiger partial charge >= 0.3 is 12.1 Å². The van der Waals surface area contributed by atoms with Crippen LogP contribution in [0.25, 0.3) is 0 Å². The van der Waals surface area contributed by atoms with Crippen molar-refractivity contribution in [2.24, 2.45) is 0 Å². The first-order valence-corrected chi connectivity index (χ1v) is 6.99. The van der Waals surface area contributed by atoms with Gasteiger partial charge in [0.25, 0.3) is 0 Å². The molecule has 0 saturated heterocycles. The number of halogens is 1. The topological polar surface area (TPSA) is 64.6 Å². The molecule has 0 aliphatic heterocycles. The molecule has 1 aromatic rings. The summed E-state index contributed by atoms with van der Waals surface area (Å²) < 4.78 is 9.24. The Morgan fingerprint density at radius 3 is 2.45 bits per heavy atom. The number of carbonyl (C=O) groups excluding carboxylic acids is 2. The van der Waals surface area contributed by atoms with Crippen molar-refractivity contribution in [3.8, 4) is 0 Å². The molecule has 1 N–H and O–H groups in total. The zero-order valence-corrected chi connectivity index (χ0v) is 13.1. The first-order valence-electron chi connectivity index (χ1n) is 6.20. The maximum absolute atomic E-state index is 11.4. The standard InChI is InChI=1S/C14H18BrNO4/c1-14(2,15)12(17)19-9-8-16-13(18)20-10-11-6-4-3-5-7-11/h3-7H,8-10H2,1-2H3,(H,16,18). The van der Waals surface area contributed by atoms with E-state index in [-0.39, 0.29) is 25.7 Å². The fourth-order valence-corrected chi connectivity index (χ4v) is 1.36. The average molecular weight is 344 g/mol. The van der Waals surface area contributed by atoms with E-state index in [4.69, 9.17) is 9.47 Å². The third-order valence-electron chi connectivity index (χ3n) is 2.30. The Morgan fingerprint density at radius 2 is 1.85 bits per heavy atom. The molecule has 1 rings (SSSR count). The normalized spacial score (nSPS) is 10.8. The van der Waals surface area contributed by atoms with Gasteiger partial charge in [-0.15, -0.1) is 0 Å². The van der Waals surface area contributed by atoms with Crippen LogP contribution in [0.2, 0.25) is 0 Å². The second-order valence-electron chi connectivity index (χ2n) is 4.60. The molecular formula is C14H18BrNO4. The Hall–Kier alpha value is -1.56. The Labute approximate surface area is 126 Å². The van der Waals surface area contributed by atoms with Crippen LogP contribution in [0.15, 0.2) is 30.3 Å². The van der Waals surface area contributed by atoms with Crippen LogP contribution in [0.4, 0.5) is 4.79 Å². The van der Waals surface area contributed by atoms with E-state index in [1.54, 1.807) is 13.8 Å². The van der Waals surface area contributed by atoms with Crippen molar-refractivity contribution in [2.75, 3.05) is 13.2 Å². The Morgan fingerprint density at radius 1 is 1.20 bits per heavy atom. The maximum Gasteiger partial charge on any atom is 0.407 e. The molecule has 0 unspecified atom stereocenters. The second kappa shape index (κ2) is 7.89. The molecule has 6 heteroatoms. The molecule has 110 valence electrons. The molecule has 0 bridgehead atoms. The van der Waals surface area contributed by atoms with Crippen LogP contribution < -0.4 is 5.32 Å². The summed E-state index contributed by atoms with van der Waals surface area (Å²) in [5.74, 6) is -0.378. The van der Waals surface area contributed by atoms with Gasteiger partial charge in [0.05, 0.1) is 6.54 Å². The minimum atomic E-state index is -0.721. The van der Waals surface area contributed by atoms with Gasteiger partial charge in [0.2, 0.25) is 0 Å². The highest BCUT2D eigenvalue weighted by molar-refractivity contribution is 9.10. The molecule has 0 saturated carbocycles. The first kappa shape index (κ1) is 16.5. The highest BCUT2D eigenvalue weighted by Crippen LogP contribution is 2.17. The van der Waals surface area contributed by atoms with Gasteiger partial charge in [-0.3, -0.25) is 4.79 Å². The van der Waals surface area contributed by atoms with Crippen molar-refractivity contribution in [2.45, 2.75) is 24.8 Å². The molecule has 1 aromatic carbocycles. The van der Waals surface area contributed by atoms with E-state index in [2.05, 4.69) is 21.2 Å². The number of amides is 1. The van der Waals surface area contributed by atoms with Gasteiger partial charge in [-0.25, -0.2) is 4.79 Å². The number of nitrogens with one attached hydrogen (secondary N) is 1. The van der Waals surface area contributed by atoms with Crippen LogP contribution in [0, 0.1) is 0 Å². The van der Waals surface area contributed by atoms with E-state index in [1.165, 1.54) is 0 Å². The Bertz CT molecular complexity index is 442. The first-order chi connectivity index (χ1) is 9.39. The van der Waals surface area contributed by atoms with Crippen LogP contribution in [0.1, 0.15) is 19.4 Å². The lowest BCUT2D eigenvalue weighted by atomic mass is 10.2. The van der Waals surface area contributed by atoms with Gasteiger partial charge in [0.15, 0.2) is 0 Å². The molecule has 5 nitrogen and oxygen atoms in total. The summed E-state index contributed by atoms with van der Waals surface area (Å²) in [6, 6.07) is 9.37. The maximum atomic E-state index is 11.4. The van der Waals surface area contributed by atoms with Gasteiger partial charge < -0.3 is 14.8 Å². The molecule has 0 fully saturated rings. The van der Waals surface area contributed by atoms with Crippen LogP contribution in [0.3, 0.4) is 0 Å². The van der Waals surface area contributed by atoms with Crippen LogP contribution >= 0.6 is 15.9 Å². The third-order valence-corrected chi connectivity index (χ3v) is 2.63. The summed E-state index contributed by atoms with van der Waals surface area (Å²) in [4.78, 5) is 22.8. The lowest BCUT2D eigenvalue weighted by Gasteiger charge is -2.14. The minimum Gasteiger partial charge on any atom is -0.463 e. The Kier molecular flexibility index (Phi) is 6.51. The molecule has 0 spiro atoms. The number of alkyl carbamates (subject to hydrolysis) is 1. The van der Waals surface area contributed by atoms with E-state index in [1.807, 2.05) is 30.3 Å². The number of hydrogen-bond acceptors (Lipinski definition) is 4. The highest BCUT2D eigenvalue weighted by Gasteiger charge is 2.25. The number of ether oxygens (including phenoxy) is 2. The lowest BCUT2D eigenvalue weighted by Crippen LogP contribution is -2.32. The summed E-state index contributed by atoms with van der Waals surface area (Å²) in [7, 11) is 0. The number of alkyl halides is 1. The van der Waals surface area contributed by atoms with Crippen molar-refractivity contribution < 1.29 is 19.1 Å². The molecule has 20 heavy (non-hydrogen) atoms. The molecular weight excluding hydrogens is 326 g/mol. The van der Waals surface area contributed by atoms with Crippen LogP contribution in [0.5, 0.6) is 0 Å². The number of carbonyl (C=O) groups is 2. The van der Waals surface area contributed by atoms with Crippen molar-refractivity contribution in [1.29, 1.82) is 0 Å². The fraction of sp³-hybridized carbons (Fsp3) is 0.429. The quantitative estimate of drug-likeness (QED) is 0.490. The van der Waals surface area contributed by atoms with Crippen molar-refractivity contribution >= 4 is 28.0 Å². The zero-order valence-electron chi connectivity index (χ0n) is 11.5. The zero-order chi connectivity index (χ0) is 15.0. The summed E-state index contributed by atoms with van der Waals surface area (Å²) >= 11 is 3.19.